The molecule has 1 heterocycles. The quantitative estimate of drug-likeness (QED) is 0.832. The maximum absolute atomic E-state index is 13.1. The number of hydrogen-bond acceptors (Lipinski definition) is 2. The first-order valence-electron chi connectivity index (χ1n) is 10.4. The van der Waals surface area contributed by atoms with E-state index >= 15 is 0 Å². The van der Waals surface area contributed by atoms with Crippen molar-refractivity contribution in [1.29, 1.82) is 0 Å². The summed E-state index contributed by atoms with van der Waals surface area (Å²) >= 11 is 0. The molecule has 1 saturated heterocycles. The standard InChI is InChI=1S/C22H30N2O2/c25-19(23-18-12-6-2-7-13-18)16-24-20(17-10-4-1-5-11-17)22(21(24)26)14-8-3-9-15-22/h1,4-5,10-11,18,20H,2-3,6-9,12-16H2,(H,23,25). The van der Waals surface area contributed by atoms with E-state index < -0.39 is 0 Å². The van der Waals surface area contributed by atoms with Crippen molar-refractivity contribution in [3.05, 3.63) is 35.9 Å². The van der Waals surface area contributed by atoms with Gasteiger partial charge < -0.3 is 10.2 Å². The molecule has 3 aliphatic rings. The van der Waals surface area contributed by atoms with Crippen LogP contribution < -0.4 is 5.32 Å². The minimum Gasteiger partial charge on any atom is -0.352 e. The van der Waals surface area contributed by atoms with Crippen LogP contribution in [0.15, 0.2) is 30.3 Å². The molecule has 1 N–H and O–H groups in total. The second kappa shape index (κ2) is 7.42. The molecule has 1 atom stereocenters. The van der Waals surface area contributed by atoms with Crippen LogP contribution in [0.5, 0.6) is 0 Å². The van der Waals surface area contributed by atoms with Gasteiger partial charge >= 0.3 is 0 Å². The Morgan fingerprint density at radius 3 is 2.35 bits per heavy atom. The van der Waals surface area contributed by atoms with Gasteiger partial charge in [0.25, 0.3) is 0 Å². The van der Waals surface area contributed by atoms with E-state index in [-0.39, 0.29) is 29.8 Å². The van der Waals surface area contributed by atoms with E-state index in [1.54, 1.807) is 0 Å². The zero-order valence-electron chi connectivity index (χ0n) is 15.6. The summed E-state index contributed by atoms with van der Waals surface area (Å²) < 4.78 is 0. The van der Waals surface area contributed by atoms with Crippen molar-refractivity contribution < 1.29 is 9.59 Å². The average Bonchev–Trinajstić information content (AvgIpc) is 2.69. The highest BCUT2D eigenvalue weighted by molar-refractivity contribution is 5.94. The normalized spacial score (nSPS) is 25.8. The largest absolute Gasteiger partial charge is 0.352 e. The maximum atomic E-state index is 13.1. The molecule has 1 unspecified atom stereocenters. The van der Waals surface area contributed by atoms with Gasteiger partial charge in [0.1, 0.15) is 6.54 Å². The molecule has 4 rings (SSSR count). The zero-order valence-corrected chi connectivity index (χ0v) is 15.6. The molecule has 140 valence electrons. The Bertz CT molecular complexity index is 645. The summed E-state index contributed by atoms with van der Waals surface area (Å²) in [6, 6.07) is 10.7. The van der Waals surface area contributed by atoms with E-state index in [2.05, 4.69) is 17.4 Å². The molecule has 1 aromatic carbocycles. The van der Waals surface area contributed by atoms with Crippen LogP contribution in [0.3, 0.4) is 0 Å². The van der Waals surface area contributed by atoms with Crippen LogP contribution >= 0.6 is 0 Å². The van der Waals surface area contributed by atoms with E-state index in [4.69, 9.17) is 0 Å². The van der Waals surface area contributed by atoms with Gasteiger partial charge in [0, 0.05) is 6.04 Å². The first kappa shape index (κ1) is 17.6. The van der Waals surface area contributed by atoms with Gasteiger partial charge in [-0.15, -0.1) is 0 Å². The summed E-state index contributed by atoms with van der Waals surface area (Å²) in [5, 5.41) is 3.17. The Labute approximate surface area is 156 Å². The van der Waals surface area contributed by atoms with Crippen LogP contribution in [-0.4, -0.2) is 29.3 Å². The summed E-state index contributed by atoms with van der Waals surface area (Å²) in [6.45, 7) is 0.205. The van der Waals surface area contributed by atoms with Gasteiger partial charge in [0.15, 0.2) is 0 Å². The number of amides is 2. The molecule has 2 saturated carbocycles. The third kappa shape index (κ3) is 3.15. The Kier molecular flexibility index (Phi) is 5.01. The van der Waals surface area contributed by atoms with Crippen molar-refractivity contribution >= 4 is 11.8 Å². The summed E-state index contributed by atoms with van der Waals surface area (Å²) in [4.78, 5) is 27.5. The minimum atomic E-state index is -0.259. The lowest BCUT2D eigenvalue weighted by Crippen LogP contribution is -2.65. The second-order valence-corrected chi connectivity index (χ2v) is 8.37. The third-order valence-electron chi connectivity index (χ3n) is 6.67. The van der Waals surface area contributed by atoms with Gasteiger partial charge in [-0.25, -0.2) is 0 Å². The summed E-state index contributed by atoms with van der Waals surface area (Å²) in [5.41, 5.74) is 0.921. The van der Waals surface area contributed by atoms with E-state index in [0.29, 0.717) is 6.04 Å². The van der Waals surface area contributed by atoms with Crippen LogP contribution in [0.4, 0.5) is 0 Å². The number of benzene rings is 1. The number of nitrogens with one attached hydrogen (secondary N) is 1. The molecule has 0 bridgehead atoms. The molecule has 2 aliphatic carbocycles. The SMILES string of the molecule is O=C(CN1C(=O)C2(CCCCC2)C1c1ccccc1)NC1CCCCC1. The van der Waals surface area contributed by atoms with Gasteiger partial charge in [0.05, 0.1) is 11.5 Å². The maximum Gasteiger partial charge on any atom is 0.239 e. The van der Waals surface area contributed by atoms with Crippen LogP contribution in [0, 0.1) is 5.41 Å². The van der Waals surface area contributed by atoms with E-state index in [0.717, 1.165) is 38.5 Å². The van der Waals surface area contributed by atoms with Gasteiger partial charge in [-0.1, -0.05) is 68.9 Å². The minimum absolute atomic E-state index is 0.0110. The Morgan fingerprint density at radius 1 is 1.00 bits per heavy atom. The van der Waals surface area contributed by atoms with E-state index in [1.807, 2.05) is 23.1 Å². The van der Waals surface area contributed by atoms with Crippen molar-refractivity contribution in [3.8, 4) is 0 Å². The van der Waals surface area contributed by atoms with Crippen LogP contribution in [-0.2, 0) is 9.59 Å². The summed E-state index contributed by atoms with van der Waals surface area (Å²) in [5.74, 6) is 0.210. The lowest BCUT2D eigenvalue weighted by atomic mass is 9.60. The topological polar surface area (TPSA) is 49.4 Å². The van der Waals surface area contributed by atoms with Crippen molar-refractivity contribution in [2.75, 3.05) is 6.54 Å². The fraction of sp³-hybridized carbons (Fsp3) is 0.636. The number of nitrogens with zero attached hydrogens (tertiary/aromatic N) is 1. The summed E-state index contributed by atoms with van der Waals surface area (Å²) in [7, 11) is 0. The number of β-lactam (4-membered cyclic amide) rings is 1. The highest BCUT2D eigenvalue weighted by Gasteiger charge is 2.60. The molecular weight excluding hydrogens is 324 g/mol. The first-order valence-corrected chi connectivity index (χ1v) is 10.4. The van der Waals surface area contributed by atoms with Gasteiger partial charge in [-0.3, -0.25) is 9.59 Å². The molecule has 4 nitrogen and oxygen atoms in total. The van der Waals surface area contributed by atoms with Crippen LogP contribution in [0.1, 0.15) is 75.8 Å². The van der Waals surface area contributed by atoms with E-state index in [1.165, 1.54) is 31.2 Å². The van der Waals surface area contributed by atoms with Gasteiger partial charge in [-0.2, -0.15) is 0 Å². The number of carbonyl (C=O) groups is 2. The van der Waals surface area contributed by atoms with Crippen molar-refractivity contribution in [2.45, 2.75) is 76.3 Å². The molecule has 1 aromatic rings. The Morgan fingerprint density at radius 2 is 1.65 bits per heavy atom. The predicted molar refractivity (Wildman–Crippen MR) is 101 cm³/mol. The number of rotatable bonds is 4. The number of hydrogen-bond donors (Lipinski definition) is 1. The molecule has 0 aromatic heterocycles. The second-order valence-electron chi connectivity index (χ2n) is 8.37. The number of carbonyl (C=O) groups excluding carboxylic acids is 2. The summed E-state index contributed by atoms with van der Waals surface area (Å²) in [6.07, 6.45) is 11.2. The molecule has 1 aliphatic heterocycles. The van der Waals surface area contributed by atoms with Crippen LogP contribution in [0.25, 0.3) is 0 Å². The average molecular weight is 354 g/mol. The fourth-order valence-corrected chi connectivity index (χ4v) is 5.39. The smallest absolute Gasteiger partial charge is 0.239 e. The van der Waals surface area contributed by atoms with Crippen molar-refractivity contribution in [2.24, 2.45) is 5.41 Å². The molecule has 4 heteroatoms. The molecule has 3 fully saturated rings. The predicted octanol–water partition coefficient (Wildman–Crippen LogP) is 3.97. The van der Waals surface area contributed by atoms with Crippen LogP contribution in [0.2, 0.25) is 0 Å². The van der Waals surface area contributed by atoms with E-state index in [9.17, 15) is 9.59 Å². The highest BCUT2D eigenvalue weighted by atomic mass is 16.2. The van der Waals surface area contributed by atoms with Gasteiger partial charge in [-0.05, 0) is 31.2 Å². The third-order valence-corrected chi connectivity index (χ3v) is 6.67. The lowest BCUT2D eigenvalue weighted by Gasteiger charge is -2.58. The molecule has 2 amide bonds. The van der Waals surface area contributed by atoms with Crippen molar-refractivity contribution in [3.63, 3.8) is 0 Å². The highest BCUT2D eigenvalue weighted by Crippen LogP contribution is 2.57. The zero-order chi connectivity index (χ0) is 18.0. The Balaban J connectivity index is 1.49. The fourth-order valence-electron chi connectivity index (χ4n) is 5.39. The molecule has 0 radical (unpaired) electrons. The van der Waals surface area contributed by atoms with Crippen molar-refractivity contribution in [1.82, 2.24) is 10.2 Å². The monoisotopic (exact) mass is 354 g/mol. The van der Waals surface area contributed by atoms with Gasteiger partial charge in [0.2, 0.25) is 11.8 Å². The Hall–Kier alpha value is -1.84. The first-order chi connectivity index (χ1) is 12.7. The number of likely N-dealkylation sites (tertiary alicyclic amines) is 1. The lowest BCUT2D eigenvalue weighted by molar-refractivity contribution is -0.180. The molecular formula is C22H30N2O2. The molecule has 26 heavy (non-hydrogen) atoms. The molecule has 1 spiro atoms.